The Morgan fingerprint density at radius 3 is 2.69 bits per heavy atom. The van der Waals surface area contributed by atoms with E-state index in [1.54, 1.807) is 17.1 Å². The molecule has 2 heterocycles. The van der Waals surface area contributed by atoms with Gasteiger partial charge in [0, 0.05) is 40.6 Å². The first-order valence-electron chi connectivity index (χ1n) is 8.10. The predicted molar refractivity (Wildman–Crippen MR) is 110 cm³/mol. The van der Waals surface area contributed by atoms with Crippen LogP contribution in [0.5, 0.6) is 0 Å². The van der Waals surface area contributed by atoms with E-state index < -0.39 is 0 Å². The van der Waals surface area contributed by atoms with Gasteiger partial charge in [-0.25, -0.2) is 9.40 Å². The van der Waals surface area contributed by atoms with E-state index in [-0.39, 0.29) is 17.0 Å². The summed E-state index contributed by atoms with van der Waals surface area (Å²) in [6, 6.07) is 12.4. The van der Waals surface area contributed by atoms with Gasteiger partial charge in [-0.15, -0.1) is 0 Å². The minimum atomic E-state index is -0.269. The SMILES string of the molecule is Cn1cc(C2CC(c3ccc(F)cc3)=NN2C(N)=S)c2cc(Br)ccc21. The van der Waals surface area contributed by atoms with Crippen molar-refractivity contribution in [2.45, 2.75) is 12.5 Å². The first-order chi connectivity index (χ1) is 12.4. The smallest absolute Gasteiger partial charge is 0.187 e. The average molecular weight is 431 g/mol. The fourth-order valence-corrected chi connectivity index (χ4v) is 3.96. The summed E-state index contributed by atoms with van der Waals surface area (Å²) < 4.78 is 16.3. The van der Waals surface area contributed by atoms with Crippen molar-refractivity contribution in [2.75, 3.05) is 0 Å². The summed E-state index contributed by atoms with van der Waals surface area (Å²) in [5.41, 5.74) is 9.89. The molecule has 1 aromatic heterocycles. The van der Waals surface area contributed by atoms with Crippen LogP contribution in [0.15, 0.2) is 58.2 Å². The summed E-state index contributed by atoms with van der Waals surface area (Å²) in [6.07, 6.45) is 2.74. The Morgan fingerprint density at radius 1 is 1.27 bits per heavy atom. The molecule has 1 aliphatic rings. The summed E-state index contributed by atoms with van der Waals surface area (Å²) >= 11 is 8.78. The van der Waals surface area contributed by atoms with Crippen LogP contribution < -0.4 is 5.73 Å². The van der Waals surface area contributed by atoms with Gasteiger partial charge in [0.05, 0.1) is 11.8 Å². The predicted octanol–water partition coefficient (Wildman–Crippen LogP) is 4.47. The molecule has 132 valence electrons. The Bertz CT molecular complexity index is 1040. The van der Waals surface area contributed by atoms with Crippen molar-refractivity contribution < 1.29 is 4.39 Å². The van der Waals surface area contributed by atoms with Crippen molar-refractivity contribution >= 4 is 49.9 Å². The molecule has 1 atom stereocenters. The number of thiocarbonyl (C=S) groups is 1. The molecular weight excluding hydrogens is 415 g/mol. The standard InChI is InChI=1S/C19H16BrFN4S/c1-24-10-15(14-8-12(20)4-7-17(14)24)18-9-16(23-25(18)19(22)26)11-2-5-13(21)6-3-11/h2-8,10,18H,9H2,1H3,(H2,22,26). The fourth-order valence-electron chi connectivity index (χ4n) is 3.43. The molecule has 0 radical (unpaired) electrons. The van der Waals surface area contributed by atoms with Crippen LogP contribution in [-0.2, 0) is 7.05 Å². The van der Waals surface area contributed by atoms with E-state index in [4.69, 9.17) is 18.0 Å². The first-order valence-corrected chi connectivity index (χ1v) is 9.30. The van der Waals surface area contributed by atoms with Crippen molar-refractivity contribution in [3.8, 4) is 0 Å². The molecule has 3 aromatic rings. The molecule has 4 nitrogen and oxygen atoms in total. The Kier molecular flexibility index (Phi) is 4.28. The molecule has 0 fully saturated rings. The molecule has 2 N–H and O–H groups in total. The number of benzene rings is 2. The zero-order valence-electron chi connectivity index (χ0n) is 14.0. The minimum absolute atomic E-state index is 0.0921. The lowest BCUT2D eigenvalue weighted by Gasteiger charge is -2.21. The summed E-state index contributed by atoms with van der Waals surface area (Å²) in [5, 5.41) is 7.66. The third-order valence-corrected chi connectivity index (χ3v) is 5.34. The van der Waals surface area contributed by atoms with Crippen molar-refractivity contribution in [2.24, 2.45) is 17.9 Å². The Balaban J connectivity index is 1.79. The van der Waals surface area contributed by atoms with Gasteiger partial charge in [-0.3, -0.25) is 0 Å². The van der Waals surface area contributed by atoms with Crippen LogP contribution >= 0.6 is 28.1 Å². The third kappa shape index (κ3) is 2.91. The van der Waals surface area contributed by atoms with Gasteiger partial charge in [-0.05, 0) is 48.1 Å². The maximum absolute atomic E-state index is 13.2. The average Bonchev–Trinajstić information content (AvgIpc) is 3.17. The highest BCUT2D eigenvalue weighted by Gasteiger charge is 2.32. The summed E-state index contributed by atoms with van der Waals surface area (Å²) in [7, 11) is 2.02. The van der Waals surface area contributed by atoms with Gasteiger partial charge in [0.1, 0.15) is 5.82 Å². The van der Waals surface area contributed by atoms with Crippen molar-refractivity contribution in [3.05, 3.63) is 70.1 Å². The van der Waals surface area contributed by atoms with Crippen LogP contribution in [0, 0.1) is 5.82 Å². The number of aromatic nitrogens is 1. The molecule has 26 heavy (non-hydrogen) atoms. The van der Waals surface area contributed by atoms with E-state index in [1.807, 2.05) is 13.1 Å². The van der Waals surface area contributed by atoms with Crippen LogP contribution in [0.1, 0.15) is 23.6 Å². The van der Waals surface area contributed by atoms with E-state index in [1.165, 1.54) is 12.1 Å². The Hall–Kier alpha value is -2.25. The molecule has 0 spiro atoms. The van der Waals surface area contributed by atoms with Gasteiger partial charge < -0.3 is 10.3 Å². The number of rotatable bonds is 2. The lowest BCUT2D eigenvalue weighted by Crippen LogP contribution is -2.31. The second kappa shape index (κ2) is 6.48. The highest BCUT2D eigenvalue weighted by atomic mass is 79.9. The first kappa shape index (κ1) is 17.2. The molecule has 1 unspecified atom stereocenters. The van der Waals surface area contributed by atoms with Crippen LogP contribution in [0.2, 0.25) is 0 Å². The lowest BCUT2D eigenvalue weighted by molar-refractivity contribution is 0.374. The number of fused-ring (bicyclic) bond motifs is 1. The van der Waals surface area contributed by atoms with E-state index in [0.29, 0.717) is 6.42 Å². The monoisotopic (exact) mass is 430 g/mol. The highest BCUT2D eigenvalue weighted by molar-refractivity contribution is 9.10. The van der Waals surface area contributed by atoms with Crippen molar-refractivity contribution in [1.82, 2.24) is 9.58 Å². The van der Waals surface area contributed by atoms with Gasteiger partial charge in [0.25, 0.3) is 0 Å². The quantitative estimate of drug-likeness (QED) is 0.609. The lowest BCUT2D eigenvalue weighted by atomic mass is 9.98. The summed E-state index contributed by atoms with van der Waals surface area (Å²) in [6.45, 7) is 0. The maximum atomic E-state index is 13.2. The Labute approximate surface area is 164 Å². The van der Waals surface area contributed by atoms with Gasteiger partial charge >= 0.3 is 0 Å². The van der Waals surface area contributed by atoms with E-state index in [2.05, 4.69) is 43.9 Å². The van der Waals surface area contributed by atoms with Gasteiger partial charge in [0.15, 0.2) is 5.11 Å². The number of nitrogens with zero attached hydrogens (tertiary/aromatic N) is 3. The number of hydrogen-bond acceptors (Lipinski definition) is 2. The topological polar surface area (TPSA) is 46.5 Å². The van der Waals surface area contributed by atoms with Gasteiger partial charge in [0.2, 0.25) is 0 Å². The molecule has 0 bridgehead atoms. The van der Waals surface area contributed by atoms with E-state index >= 15 is 0 Å². The largest absolute Gasteiger partial charge is 0.375 e. The number of halogens is 2. The van der Waals surface area contributed by atoms with Crippen LogP contribution in [0.4, 0.5) is 4.39 Å². The second-order valence-corrected chi connectivity index (χ2v) is 7.65. The number of nitrogens with two attached hydrogens (primary N) is 1. The second-order valence-electron chi connectivity index (χ2n) is 6.31. The van der Waals surface area contributed by atoms with Crippen molar-refractivity contribution in [3.63, 3.8) is 0 Å². The molecule has 2 aromatic carbocycles. The maximum Gasteiger partial charge on any atom is 0.187 e. The van der Waals surface area contributed by atoms with Crippen LogP contribution in [-0.4, -0.2) is 20.4 Å². The number of aryl methyl sites for hydroxylation is 1. The zero-order chi connectivity index (χ0) is 18.4. The van der Waals surface area contributed by atoms with Crippen molar-refractivity contribution in [1.29, 1.82) is 0 Å². The third-order valence-electron chi connectivity index (χ3n) is 4.65. The molecule has 4 rings (SSSR count). The molecule has 0 aliphatic carbocycles. The molecule has 0 amide bonds. The molecular formula is C19H16BrFN4S. The van der Waals surface area contributed by atoms with Crippen LogP contribution in [0.3, 0.4) is 0 Å². The van der Waals surface area contributed by atoms with E-state index in [9.17, 15) is 4.39 Å². The molecule has 1 aliphatic heterocycles. The van der Waals surface area contributed by atoms with Crippen LogP contribution in [0.25, 0.3) is 10.9 Å². The zero-order valence-corrected chi connectivity index (χ0v) is 16.4. The fraction of sp³-hybridized carbons (Fsp3) is 0.158. The Morgan fingerprint density at radius 2 is 2.00 bits per heavy atom. The summed E-state index contributed by atoms with van der Waals surface area (Å²) in [5.74, 6) is -0.269. The number of hydrazone groups is 1. The normalized spacial score (nSPS) is 17.0. The molecule has 0 saturated heterocycles. The molecule has 0 saturated carbocycles. The van der Waals surface area contributed by atoms with Gasteiger partial charge in [-0.1, -0.05) is 28.1 Å². The van der Waals surface area contributed by atoms with Gasteiger partial charge in [-0.2, -0.15) is 5.10 Å². The van der Waals surface area contributed by atoms with E-state index in [0.717, 1.165) is 32.2 Å². The minimum Gasteiger partial charge on any atom is -0.375 e. The molecule has 7 heteroatoms. The summed E-state index contributed by atoms with van der Waals surface area (Å²) in [4.78, 5) is 0. The number of hydrogen-bond donors (Lipinski definition) is 1. The highest BCUT2D eigenvalue weighted by Crippen LogP contribution is 2.37.